The minimum Gasteiger partial charge on any atom is -0.300 e. The largest absolute Gasteiger partial charge is 0.300 e. The third-order valence-corrected chi connectivity index (χ3v) is 4.42. The SMILES string of the molecule is CCCCCCCCC(=O)CCCCCCCc1ccccn1. The average molecular weight is 318 g/mol. The lowest BCUT2D eigenvalue weighted by Crippen LogP contribution is -1.97. The van der Waals surface area contributed by atoms with E-state index in [0.717, 1.165) is 32.1 Å². The molecule has 0 spiro atoms. The topological polar surface area (TPSA) is 30.0 Å². The summed E-state index contributed by atoms with van der Waals surface area (Å²) >= 11 is 0. The summed E-state index contributed by atoms with van der Waals surface area (Å²) in [4.78, 5) is 16.1. The number of aromatic nitrogens is 1. The summed E-state index contributed by atoms with van der Waals surface area (Å²) in [6.45, 7) is 2.24. The van der Waals surface area contributed by atoms with Gasteiger partial charge >= 0.3 is 0 Å². The van der Waals surface area contributed by atoms with E-state index in [1.54, 1.807) is 0 Å². The number of hydrogen-bond donors (Lipinski definition) is 0. The number of hydrogen-bond acceptors (Lipinski definition) is 2. The van der Waals surface area contributed by atoms with Gasteiger partial charge in [0, 0.05) is 24.7 Å². The second kappa shape index (κ2) is 14.4. The zero-order valence-electron chi connectivity index (χ0n) is 15.1. The minimum absolute atomic E-state index is 0.481. The summed E-state index contributed by atoms with van der Waals surface area (Å²) in [6.07, 6.45) is 18.2. The molecule has 0 aromatic carbocycles. The Morgan fingerprint density at radius 1 is 0.826 bits per heavy atom. The molecular weight excluding hydrogens is 282 g/mol. The zero-order chi connectivity index (χ0) is 16.6. The van der Waals surface area contributed by atoms with Gasteiger partial charge in [0.05, 0.1) is 0 Å². The number of ketones is 1. The third-order valence-electron chi connectivity index (χ3n) is 4.42. The predicted octanol–water partition coefficient (Wildman–Crippen LogP) is 6.28. The van der Waals surface area contributed by atoms with Gasteiger partial charge in [0.15, 0.2) is 0 Å². The van der Waals surface area contributed by atoms with Crippen molar-refractivity contribution in [2.75, 3.05) is 0 Å². The van der Waals surface area contributed by atoms with Crippen LogP contribution in [0.3, 0.4) is 0 Å². The van der Waals surface area contributed by atoms with E-state index in [1.165, 1.54) is 63.5 Å². The summed E-state index contributed by atoms with van der Waals surface area (Å²) in [5.74, 6) is 0.481. The zero-order valence-corrected chi connectivity index (χ0v) is 15.1. The molecule has 0 unspecified atom stereocenters. The maximum atomic E-state index is 11.8. The standard InChI is InChI=1S/C21H35NO/c1-2-3-4-5-8-11-17-21(23)18-12-9-6-7-10-15-20-16-13-14-19-22-20/h13-14,16,19H,2-12,15,17-18H2,1H3. The first kappa shape index (κ1) is 19.9. The Kier molecular flexibility index (Phi) is 12.5. The van der Waals surface area contributed by atoms with Gasteiger partial charge in [-0.15, -0.1) is 0 Å². The molecule has 0 radical (unpaired) electrons. The normalized spacial score (nSPS) is 10.8. The van der Waals surface area contributed by atoms with Crippen molar-refractivity contribution in [3.8, 4) is 0 Å². The van der Waals surface area contributed by atoms with Crippen LogP contribution in [-0.2, 0) is 11.2 Å². The highest BCUT2D eigenvalue weighted by atomic mass is 16.1. The van der Waals surface area contributed by atoms with Gasteiger partial charge in [-0.05, 0) is 37.8 Å². The van der Waals surface area contributed by atoms with Crippen LogP contribution in [0.1, 0.15) is 96.1 Å². The van der Waals surface area contributed by atoms with Crippen molar-refractivity contribution < 1.29 is 4.79 Å². The molecule has 23 heavy (non-hydrogen) atoms. The maximum absolute atomic E-state index is 11.8. The highest BCUT2D eigenvalue weighted by molar-refractivity contribution is 5.78. The highest BCUT2D eigenvalue weighted by Gasteiger charge is 2.02. The molecule has 1 rings (SSSR count). The first-order valence-electron chi connectivity index (χ1n) is 9.74. The molecule has 0 amide bonds. The molecule has 0 saturated carbocycles. The molecule has 0 atom stereocenters. The van der Waals surface area contributed by atoms with E-state index >= 15 is 0 Å². The quantitative estimate of drug-likeness (QED) is 0.356. The number of unbranched alkanes of at least 4 members (excludes halogenated alkanes) is 9. The summed E-state index contributed by atoms with van der Waals surface area (Å²) < 4.78 is 0. The molecule has 0 aliphatic rings. The van der Waals surface area contributed by atoms with Crippen LogP contribution in [0.4, 0.5) is 0 Å². The van der Waals surface area contributed by atoms with Crippen LogP contribution in [0, 0.1) is 0 Å². The van der Waals surface area contributed by atoms with Crippen molar-refractivity contribution >= 4 is 5.78 Å². The average Bonchev–Trinajstić information content (AvgIpc) is 2.58. The summed E-state index contributed by atoms with van der Waals surface area (Å²) in [7, 11) is 0. The second-order valence-electron chi connectivity index (χ2n) is 6.65. The lowest BCUT2D eigenvalue weighted by atomic mass is 10.0. The number of nitrogens with zero attached hydrogens (tertiary/aromatic N) is 1. The van der Waals surface area contributed by atoms with Crippen molar-refractivity contribution in [3.05, 3.63) is 30.1 Å². The molecule has 130 valence electrons. The lowest BCUT2D eigenvalue weighted by molar-refractivity contribution is -0.119. The Morgan fingerprint density at radius 2 is 1.43 bits per heavy atom. The number of Topliss-reactive ketones (excluding diaryl/α,β-unsaturated/α-hetero) is 1. The van der Waals surface area contributed by atoms with Crippen LogP contribution in [0.2, 0.25) is 0 Å². The van der Waals surface area contributed by atoms with E-state index in [4.69, 9.17) is 0 Å². The predicted molar refractivity (Wildman–Crippen MR) is 98.6 cm³/mol. The number of pyridine rings is 1. The molecule has 1 heterocycles. The van der Waals surface area contributed by atoms with Crippen LogP contribution in [-0.4, -0.2) is 10.8 Å². The summed E-state index contributed by atoms with van der Waals surface area (Å²) in [6, 6.07) is 6.12. The maximum Gasteiger partial charge on any atom is 0.132 e. The number of rotatable bonds is 15. The van der Waals surface area contributed by atoms with Crippen molar-refractivity contribution in [1.29, 1.82) is 0 Å². The van der Waals surface area contributed by atoms with E-state index in [1.807, 2.05) is 12.3 Å². The summed E-state index contributed by atoms with van der Waals surface area (Å²) in [5, 5.41) is 0. The highest BCUT2D eigenvalue weighted by Crippen LogP contribution is 2.11. The monoisotopic (exact) mass is 317 g/mol. The van der Waals surface area contributed by atoms with Gasteiger partial charge in [0.25, 0.3) is 0 Å². The fourth-order valence-corrected chi connectivity index (χ4v) is 2.93. The Balaban J connectivity index is 1.84. The third kappa shape index (κ3) is 12.0. The van der Waals surface area contributed by atoms with Crippen molar-refractivity contribution in [1.82, 2.24) is 4.98 Å². The molecule has 0 N–H and O–H groups in total. The Morgan fingerprint density at radius 3 is 2.04 bits per heavy atom. The summed E-state index contributed by atoms with van der Waals surface area (Å²) in [5.41, 5.74) is 1.20. The number of carbonyl (C=O) groups is 1. The first-order chi connectivity index (χ1) is 11.3. The number of carbonyl (C=O) groups excluding carboxylic acids is 1. The fourth-order valence-electron chi connectivity index (χ4n) is 2.93. The molecule has 0 aliphatic carbocycles. The van der Waals surface area contributed by atoms with Gasteiger partial charge in [-0.3, -0.25) is 9.78 Å². The van der Waals surface area contributed by atoms with Gasteiger partial charge in [0.1, 0.15) is 5.78 Å². The fraction of sp³-hybridized carbons (Fsp3) is 0.714. The van der Waals surface area contributed by atoms with Crippen molar-refractivity contribution in [3.63, 3.8) is 0 Å². The lowest BCUT2D eigenvalue weighted by Gasteiger charge is -2.03. The molecular formula is C21H35NO. The van der Waals surface area contributed by atoms with Crippen LogP contribution in [0.5, 0.6) is 0 Å². The van der Waals surface area contributed by atoms with Crippen molar-refractivity contribution in [2.24, 2.45) is 0 Å². The van der Waals surface area contributed by atoms with Gasteiger partial charge in [0.2, 0.25) is 0 Å². The van der Waals surface area contributed by atoms with Gasteiger partial charge in [-0.1, -0.05) is 64.4 Å². The van der Waals surface area contributed by atoms with E-state index in [2.05, 4.69) is 24.0 Å². The Bertz CT molecular complexity index is 388. The van der Waals surface area contributed by atoms with E-state index in [0.29, 0.717) is 5.78 Å². The van der Waals surface area contributed by atoms with Gasteiger partial charge in [-0.25, -0.2) is 0 Å². The Labute approximate surface area is 143 Å². The van der Waals surface area contributed by atoms with Gasteiger partial charge in [-0.2, -0.15) is 0 Å². The molecule has 0 saturated heterocycles. The molecule has 1 aromatic heterocycles. The van der Waals surface area contributed by atoms with E-state index in [-0.39, 0.29) is 0 Å². The van der Waals surface area contributed by atoms with Crippen LogP contribution >= 0.6 is 0 Å². The van der Waals surface area contributed by atoms with Crippen LogP contribution in [0.25, 0.3) is 0 Å². The van der Waals surface area contributed by atoms with Gasteiger partial charge < -0.3 is 0 Å². The van der Waals surface area contributed by atoms with Crippen molar-refractivity contribution in [2.45, 2.75) is 96.8 Å². The molecule has 0 fully saturated rings. The van der Waals surface area contributed by atoms with E-state index in [9.17, 15) is 4.79 Å². The first-order valence-corrected chi connectivity index (χ1v) is 9.74. The molecule has 2 nitrogen and oxygen atoms in total. The van der Waals surface area contributed by atoms with Crippen LogP contribution in [0.15, 0.2) is 24.4 Å². The molecule has 1 aromatic rings. The molecule has 0 aliphatic heterocycles. The van der Waals surface area contributed by atoms with E-state index < -0.39 is 0 Å². The second-order valence-corrected chi connectivity index (χ2v) is 6.65. The Hall–Kier alpha value is -1.18. The number of aryl methyl sites for hydroxylation is 1. The molecule has 0 bridgehead atoms. The smallest absolute Gasteiger partial charge is 0.132 e. The molecule has 2 heteroatoms. The van der Waals surface area contributed by atoms with Crippen LogP contribution < -0.4 is 0 Å². The minimum atomic E-state index is 0.481.